The lowest BCUT2D eigenvalue weighted by Crippen LogP contribution is -2.53. The average Bonchev–Trinajstić information content (AvgIpc) is 2.74. The predicted molar refractivity (Wildman–Crippen MR) is 129 cm³/mol. The van der Waals surface area contributed by atoms with Gasteiger partial charge in [-0.15, -0.1) is 24.0 Å². The molecular formula is C19H27BrIN7O. The molecule has 3 heterocycles. The summed E-state index contributed by atoms with van der Waals surface area (Å²) in [5, 5.41) is 3.40. The summed E-state index contributed by atoms with van der Waals surface area (Å²) in [6.07, 6.45) is 4.39. The van der Waals surface area contributed by atoms with Crippen molar-refractivity contribution in [2.24, 2.45) is 4.99 Å². The first-order valence-electron chi connectivity index (χ1n) is 9.46. The number of halogens is 2. The first-order valence-corrected chi connectivity index (χ1v) is 10.2. The number of rotatable bonds is 6. The summed E-state index contributed by atoms with van der Waals surface area (Å²) in [6.45, 7) is 7.02. The molecule has 0 unspecified atom stereocenters. The van der Waals surface area contributed by atoms with Gasteiger partial charge in [0.1, 0.15) is 0 Å². The van der Waals surface area contributed by atoms with Crippen molar-refractivity contribution >= 4 is 51.8 Å². The molecule has 2 aromatic heterocycles. The van der Waals surface area contributed by atoms with Crippen LogP contribution < -0.4 is 15.0 Å². The van der Waals surface area contributed by atoms with Gasteiger partial charge in [0, 0.05) is 57.6 Å². The molecule has 1 saturated heterocycles. The fraction of sp³-hybridized carbons (Fsp3) is 0.474. The molecule has 1 N–H and O–H groups in total. The van der Waals surface area contributed by atoms with Crippen molar-refractivity contribution in [1.29, 1.82) is 0 Å². The Balaban J connectivity index is 0.00000300. The van der Waals surface area contributed by atoms with Crippen LogP contribution in [0.5, 0.6) is 5.88 Å². The predicted octanol–water partition coefficient (Wildman–Crippen LogP) is 2.59. The van der Waals surface area contributed by atoms with Gasteiger partial charge in [0.15, 0.2) is 5.96 Å². The smallest absolute Gasteiger partial charge is 0.232 e. The van der Waals surface area contributed by atoms with Gasteiger partial charge in [-0.1, -0.05) is 6.07 Å². The number of piperazine rings is 1. The van der Waals surface area contributed by atoms with Gasteiger partial charge in [0.05, 0.1) is 17.8 Å². The Kier molecular flexibility index (Phi) is 9.85. The molecule has 29 heavy (non-hydrogen) atoms. The van der Waals surface area contributed by atoms with Crippen LogP contribution in [0.15, 0.2) is 40.1 Å². The quantitative estimate of drug-likeness (QED) is 0.322. The second-order valence-corrected chi connectivity index (χ2v) is 7.16. The minimum absolute atomic E-state index is 0. The van der Waals surface area contributed by atoms with Crippen molar-refractivity contribution in [3.63, 3.8) is 0 Å². The summed E-state index contributed by atoms with van der Waals surface area (Å²) in [4.78, 5) is 22.5. The van der Waals surface area contributed by atoms with Crippen molar-refractivity contribution in [1.82, 2.24) is 25.2 Å². The summed E-state index contributed by atoms with van der Waals surface area (Å²) < 4.78 is 6.04. The molecule has 10 heteroatoms. The molecule has 0 aromatic carbocycles. The molecule has 0 spiro atoms. The third-order valence-corrected chi connectivity index (χ3v) is 4.99. The van der Waals surface area contributed by atoms with Crippen molar-refractivity contribution in [3.8, 4) is 5.88 Å². The maximum absolute atomic E-state index is 5.28. The van der Waals surface area contributed by atoms with Gasteiger partial charge in [0.2, 0.25) is 11.8 Å². The number of nitrogens with zero attached hydrogens (tertiary/aromatic N) is 6. The molecule has 1 aliphatic heterocycles. The van der Waals surface area contributed by atoms with Crippen LogP contribution in [0.2, 0.25) is 0 Å². The maximum Gasteiger partial charge on any atom is 0.232 e. The van der Waals surface area contributed by atoms with E-state index in [1.54, 1.807) is 13.3 Å². The van der Waals surface area contributed by atoms with Crippen LogP contribution in [0.25, 0.3) is 0 Å². The van der Waals surface area contributed by atoms with E-state index in [0.29, 0.717) is 18.4 Å². The van der Waals surface area contributed by atoms with Crippen LogP contribution in [0, 0.1) is 0 Å². The first kappa shape index (κ1) is 23.6. The number of ether oxygens (including phenoxy) is 1. The Labute approximate surface area is 197 Å². The lowest BCUT2D eigenvalue weighted by molar-refractivity contribution is 0.366. The van der Waals surface area contributed by atoms with E-state index in [4.69, 9.17) is 9.73 Å². The maximum atomic E-state index is 5.28. The van der Waals surface area contributed by atoms with E-state index in [2.05, 4.69) is 52.9 Å². The van der Waals surface area contributed by atoms with Crippen LogP contribution in [-0.4, -0.2) is 72.2 Å². The van der Waals surface area contributed by atoms with Gasteiger partial charge in [-0.3, -0.25) is 9.98 Å². The number of methoxy groups -OCH3 is 1. The largest absolute Gasteiger partial charge is 0.480 e. The van der Waals surface area contributed by atoms with Crippen LogP contribution in [0.1, 0.15) is 12.6 Å². The number of guanidine groups is 1. The fourth-order valence-corrected chi connectivity index (χ4v) is 3.36. The number of hydrogen-bond donors (Lipinski definition) is 1. The summed E-state index contributed by atoms with van der Waals surface area (Å²) >= 11 is 3.40. The van der Waals surface area contributed by atoms with Crippen molar-refractivity contribution in [2.45, 2.75) is 13.3 Å². The van der Waals surface area contributed by atoms with E-state index in [0.717, 1.165) is 55.3 Å². The molecule has 0 bridgehead atoms. The molecule has 1 aliphatic rings. The van der Waals surface area contributed by atoms with Crippen molar-refractivity contribution in [2.75, 3.05) is 51.3 Å². The Morgan fingerprint density at radius 2 is 2.03 bits per heavy atom. The summed E-state index contributed by atoms with van der Waals surface area (Å²) in [5.41, 5.74) is 1.06. The summed E-state index contributed by atoms with van der Waals surface area (Å²) in [6, 6.07) is 5.98. The highest BCUT2D eigenvalue weighted by molar-refractivity contribution is 14.0. The van der Waals surface area contributed by atoms with Gasteiger partial charge in [-0.05, 0) is 35.0 Å². The van der Waals surface area contributed by atoms with Crippen LogP contribution in [0.4, 0.5) is 5.95 Å². The highest BCUT2D eigenvalue weighted by Crippen LogP contribution is 2.23. The Bertz CT molecular complexity index is 785. The molecule has 0 radical (unpaired) electrons. The van der Waals surface area contributed by atoms with E-state index >= 15 is 0 Å². The van der Waals surface area contributed by atoms with Gasteiger partial charge < -0.3 is 19.9 Å². The van der Waals surface area contributed by atoms with Crippen molar-refractivity contribution < 1.29 is 4.74 Å². The van der Waals surface area contributed by atoms with Gasteiger partial charge >= 0.3 is 0 Å². The lowest BCUT2D eigenvalue weighted by Gasteiger charge is -2.36. The number of aromatic nitrogens is 3. The fourth-order valence-electron chi connectivity index (χ4n) is 3.00. The molecule has 1 fully saturated rings. The second kappa shape index (κ2) is 12.1. The van der Waals surface area contributed by atoms with E-state index in [1.165, 1.54) is 0 Å². The number of aliphatic imine (C=N–C) groups is 1. The molecule has 2 aromatic rings. The first-order chi connectivity index (χ1) is 13.7. The Hall–Kier alpha value is -1.69. The molecule has 3 rings (SSSR count). The van der Waals surface area contributed by atoms with E-state index in [-0.39, 0.29) is 24.0 Å². The molecule has 0 aliphatic carbocycles. The molecule has 0 atom stereocenters. The van der Waals surface area contributed by atoms with Gasteiger partial charge in [-0.25, -0.2) is 4.98 Å². The number of hydrogen-bond acceptors (Lipinski definition) is 6. The highest BCUT2D eigenvalue weighted by atomic mass is 127. The lowest BCUT2D eigenvalue weighted by atomic mass is 10.3. The second-order valence-electron chi connectivity index (χ2n) is 6.31. The van der Waals surface area contributed by atoms with E-state index < -0.39 is 0 Å². The van der Waals surface area contributed by atoms with Gasteiger partial charge in [0.25, 0.3) is 0 Å². The van der Waals surface area contributed by atoms with Crippen LogP contribution in [0.3, 0.4) is 0 Å². The third-order valence-electron chi connectivity index (χ3n) is 4.45. The standard InChI is InChI=1S/C19H26BrN7O.HI/c1-3-21-18(23-9-7-15-6-4-5-8-22-15)26-10-12-27(13-11-26)19-24-14-16(20)17(25-19)28-2;/h4-6,8,14H,3,7,9-13H2,1-2H3,(H,21,23);1H. The van der Waals surface area contributed by atoms with Crippen molar-refractivity contribution in [3.05, 3.63) is 40.8 Å². The van der Waals surface area contributed by atoms with Gasteiger partial charge in [-0.2, -0.15) is 4.98 Å². The zero-order chi connectivity index (χ0) is 19.8. The minimum Gasteiger partial charge on any atom is -0.480 e. The Morgan fingerprint density at radius 3 is 2.69 bits per heavy atom. The topological polar surface area (TPSA) is 78.8 Å². The van der Waals surface area contributed by atoms with E-state index in [1.807, 2.05) is 24.4 Å². The zero-order valence-electron chi connectivity index (χ0n) is 16.7. The van der Waals surface area contributed by atoms with Crippen LogP contribution in [-0.2, 0) is 6.42 Å². The monoisotopic (exact) mass is 575 g/mol. The molecule has 8 nitrogen and oxygen atoms in total. The zero-order valence-corrected chi connectivity index (χ0v) is 20.6. The molecular weight excluding hydrogens is 549 g/mol. The number of anilines is 1. The van der Waals surface area contributed by atoms with Crippen LogP contribution >= 0.6 is 39.9 Å². The Morgan fingerprint density at radius 1 is 1.24 bits per heavy atom. The molecule has 158 valence electrons. The number of nitrogens with one attached hydrogen (secondary N) is 1. The summed E-state index contributed by atoms with van der Waals surface area (Å²) in [7, 11) is 1.61. The molecule has 0 amide bonds. The summed E-state index contributed by atoms with van der Waals surface area (Å²) in [5.74, 6) is 2.20. The molecule has 0 saturated carbocycles. The number of pyridine rings is 1. The average molecular weight is 576 g/mol. The minimum atomic E-state index is 0. The SMILES string of the molecule is CCNC(=NCCc1ccccn1)N1CCN(c2ncc(Br)c(OC)n2)CC1.I. The highest BCUT2D eigenvalue weighted by Gasteiger charge is 2.22. The third kappa shape index (κ3) is 6.66. The normalized spacial score (nSPS) is 14.4. The van der Waals surface area contributed by atoms with E-state index in [9.17, 15) is 0 Å².